The van der Waals surface area contributed by atoms with Crippen LogP contribution in [0.5, 0.6) is 0 Å². The van der Waals surface area contributed by atoms with Crippen LogP contribution in [0.2, 0.25) is 5.02 Å². The van der Waals surface area contributed by atoms with Crippen LogP contribution in [0.25, 0.3) is 0 Å². The summed E-state index contributed by atoms with van der Waals surface area (Å²) in [5.74, 6) is 0.812. The molecule has 0 bridgehead atoms. The molecule has 1 aromatic carbocycles. The summed E-state index contributed by atoms with van der Waals surface area (Å²) in [6.07, 6.45) is 1.55. The van der Waals surface area contributed by atoms with Gasteiger partial charge in [-0.2, -0.15) is 0 Å². The highest BCUT2D eigenvalue weighted by atomic mass is 79.9. The topological polar surface area (TPSA) is 34.1 Å². The summed E-state index contributed by atoms with van der Waals surface area (Å²) in [5.41, 5.74) is 1.16. The first kappa shape index (κ1) is 16.0. The average Bonchev–Trinajstić information content (AvgIpc) is 2.34. The lowest BCUT2D eigenvalue weighted by atomic mass is 9.97. The number of alkyl halides is 1. The van der Waals surface area contributed by atoms with Gasteiger partial charge in [-0.15, -0.1) is 0 Å². The van der Waals surface area contributed by atoms with E-state index in [-0.39, 0.29) is 11.5 Å². The van der Waals surface area contributed by atoms with Crippen LogP contribution in [0.3, 0.4) is 0 Å². The van der Waals surface area contributed by atoms with Crippen LogP contribution in [0, 0.1) is 0 Å². The average molecular weight is 354 g/mol. The predicted molar refractivity (Wildman–Crippen MR) is 81.5 cm³/mol. The fourth-order valence-corrected chi connectivity index (χ4v) is 3.58. The van der Waals surface area contributed by atoms with Crippen LogP contribution in [-0.2, 0) is 9.84 Å². The van der Waals surface area contributed by atoms with Crippen molar-refractivity contribution in [3.8, 4) is 0 Å². The van der Waals surface area contributed by atoms with Gasteiger partial charge < -0.3 is 0 Å². The molecule has 0 heterocycles. The Balaban J connectivity index is 2.58. The second-order valence-electron chi connectivity index (χ2n) is 4.28. The van der Waals surface area contributed by atoms with Crippen molar-refractivity contribution in [3.63, 3.8) is 0 Å². The van der Waals surface area contributed by atoms with E-state index in [2.05, 4.69) is 15.9 Å². The summed E-state index contributed by atoms with van der Waals surface area (Å²) in [6, 6.07) is 7.75. The maximum atomic E-state index is 11.4. The molecule has 0 aliphatic carbocycles. The maximum absolute atomic E-state index is 11.4. The number of hydrogen-bond donors (Lipinski definition) is 0. The molecule has 0 aliphatic rings. The molecule has 102 valence electrons. The number of rotatable bonds is 7. The van der Waals surface area contributed by atoms with Crippen molar-refractivity contribution in [2.24, 2.45) is 0 Å². The summed E-state index contributed by atoms with van der Waals surface area (Å²) in [6.45, 7) is 1.69. The van der Waals surface area contributed by atoms with Crippen LogP contribution < -0.4 is 0 Å². The molecule has 0 aromatic heterocycles. The highest BCUT2D eigenvalue weighted by Gasteiger charge is 2.13. The van der Waals surface area contributed by atoms with Gasteiger partial charge in [-0.1, -0.05) is 46.6 Å². The van der Waals surface area contributed by atoms with Crippen molar-refractivity contribution >= 4 is 37.4 Å². The molecule has 0 aliphatic heterocycles. The van der Waals surface area contributed by atoms with Gasteiger partial charge in [-0.3, -0.25) is 0 Å². The van der Waals surface area contributed by atoms with E-state index in [1.165, 1.54) is 0 Å². The zero-order valence-corrected chi connectivity index (χ0v) is 13.6. The summed E-state index contributed by atoms with van der Waals surface area (Å²) in [7, 11) is -2.86. The minimum atomic E-state index is -2.86. The first-order valence-electron chi connectivity index (χ1n) is 6.00. The molecule has 1 unspecified atom stereocenters. The van der Waals surface area contributed by atoms with Gasteiger partial charge in [-0.05, 0) is 36.5 Å². The van der Waals surface area contributed by atoms with Crippen LogP contribution in [0.1, 0.15) is 31.2 Å². The van der Waals surface area contributed by atoms with E-state index in [1.54, 1.807) is 6.92 Å². The summed E-state index contributed by atoms with van der Waals surface area (Å²) < 4.78 is 22.9. The summed E-state index contributed by atoms with van der Waals surface area (Å²) in [4.78, 5) is 0. The summed E-state index contributed by atoms with van der Waals surface area (Å²) in [5, 5.41) is 1.54. The predicted octanol–water partition coefficient (Wildman–Crippen LogP) is 4.03. The zero-order chi connectivity index (χ0) is 13.6. The Bertz CT molecular complexity index is 474. The molecular weight excluding hydrogens is 336 g/mol. The Morgan fingerprint density at radius 2 is 2.11 bits per heavy atom. The lowest BCUT2D eigenvalue weighted by Gasteiger charge is -2.14. The van der Waals surface area contributed by atoms with Crippen LogP contribution in [-0.4, -0.2) is 25.3 Å². The molecule has 2 nitrogen and oxygen atoms in total. The summed E-state index contributed by atoms with van der Waals surface area (Å²) >= 11 is 9.45. The molecule has 1 aromatic rings. The molecule has 0 N–H and O–H groups in total. The Morgan fingerprint density at radius 3 is 2.67 bits per heavy atom. The van der Waals surface area contributed by atoms with Crippen molar-refractivity contribution < 1.29 is 8.42 Å². The number of halogens is 2. The number of benzene rings is 1. The number of hydrogen-bond acceptors (Lipinski definition) is 2. The lowest BCUT2D eigenvalue weighted by Crippen LogP contribution is -2.10. The first-order valence-corrected chi connectivity index (χ1v) is 9.32. The third kappa shape index (κ3) is 5.29. The highest BCUT2D eigenvalue weighted by molar-refractivity contribution is 9.09. The lowest BCUT2D eigenvalue weighted by molar-refractivity contribution is 0.588. The Morgan fingerprint density at radius 1 is 1.39 bits per heavy atom. The third-order valence-corrected chi connectivity index (χ3v) is 5.76. The molecule has 0 fully saturated rings. The van der Waals surface area contributed by atoms with Gasteiger partial charge in [0.15, 0.2) is 0 Å². The largest absolute Gasteiger partial charge is 0.229 e. The second kappa shape index (κ2) is 7.51. The normalized spacial score (nSPS) is 13.5. The van der Waals surface area contributed by atoms with Gasteiger partial charge in [0.2, 0.25) is 0 Å². The minimum Gasteiger partial charge on any atom is -0.229 e. The quantitative estimate of drug-likeness (QED) is 0.693. The molecular formula is C13H18BrClO2S. The first-order chi connectivity index (χ1) is 8.48. The molecule has 1 rings (SSSR count). The molecule has 0 saturated heterocycles. The molecule has 5 heteroatoms. The molecule has 1 atom stereocenters. The molecule has 0 radical (unpaired) electrons. The van der Waals surface area contributed by atoms with E-state index < -0.39 is 9.84 Å². The SMILES string of the molecule is CCS(=O)(=O)CCCC(CBr)c1cccc(Cl)c1. The monoisotopic (exact) mass is 352 g/mol. The van der Waals surface area contributed by atoms with Crippen LogP contribution in [0.4, 0.5) is 0 Å². The Labute approximate surface area is 123 Å². The highest BCUT2D eigenvalue weighted by Crippen LogP contribution is 2.26. The molecule has 0 spiro atoms. The fourth-order valence-electron chi connectivity index (χ4n) is 1.79. The minimum absolute atomic E-state index is 0.225. The van der Waals surface area contributed by atoms with E-state index in [9.17, 15) is 8.42 Å². The van der Waals surface area contributed by atoms with Gasteiger partial charge in [0.05, 0.1) is 5.75 Å². The van der Waals surface area contributed by atoms with Crippen molar-refractivity contribution in [3.05, 3.63) is 34.9 Å². The van der Waals surface area contributed by atoms with E-state index in [1.807, 2.05) is 24.3 Å². The van der Waals surface area contributed by atoms with E-state index in [4.69, 9.17) is 11.6 Å². The van der Waals surface area contributed by atoms with Gasteiger partial charge in [-0.25, -0.2) is 8.42 Å². The van der Waals surface area contributed by atoms with Gasteiger partial charge >= 0.3 is 0 Å². The van der Waals surface area contributed by atoms with Gasteiger partial charge in [0.1, 0.15) is 9.84 Å². The Hall–Kier alpha value is -0.0600. The zero-order valence-electron chi connectivity index (χ0n) is 10.4. The van der Waals surface area contributed by atoms with E-state index in [0.717, 1.165) is 22.3 Å². The Kier molecular flexibility index (Phi) is 6.67. The number of sulfone groups is 1. The van der Waals surface area contributed by atoms with Crippen molar-refractivity contribution in [1.29, 1.82) is 0 Å². The van der Waals surface area contributed by atoms with Crippen molar-refractivity contribution in [2.75, 3.05) is 16.8 Å². The standard InChI is InChI=1S/C13H18BrClO2S/c1-2-18(16,17)8-4-6-12(10-14)11-5-3-7-13(15)9-11/h3,5,7,9,12H,2,4,6,8,10H2,1H3. The smallest absolute Gasteiger partial charge is 0.150 e. The molecule has 18 heavy (non-hydrogen) atoms. The third-order valence-electron chi connectivity index (χ3n) is 2.95. The second-order valence-corrected chi connectivity index (χ2v) is 7.84. The molecule has 0 saturated carbocycles. The van der Waals surface area contributed by atoms with Crippen LogP contribution in [0.15, 0.2) is 24.3 Å². The van der Waals surface area contributed by atoms with Crippen LogP contribution >= 0.6 is 27.5 Å². The molecule has 0 amide bonds. The van der Waals surface area contributed by atoms with Crippen molar-refractivity contribution in [1.82, 2.24) is 0 Å². The van der Waals surface area contributed by atoms with E-state index in [0.29, 0.717) is 12.3 Å². The fraction of sp³-hybridized carbons (Fsp3) is 0.538. The van der Waals surface area contributed by atoms with E-state index >= 15 is 0 Å². The van der Waals surface area contributed by atoms with Gasteiger partial charge in [0, 0.05) is 16.1 Å². The maximum Gasteiger partial charge on any atom is 0.150 e. The van der Waals surface area contributed by atoms with Crippen molar-refractivity contribution in [2.45, 2.75) is 25.7 Å². The van der Waals surface area contributed by atoms with Gasteiger partial charge in [0.25, 0.3) is 0 Å².